The second-order valence-electron chi connectivity index (χ2n) is 1.66. The molecule has 0 radical (unpaired) electrons. The predicted octanol–water partition coefficient (Wildman–Crippen LogP) is 0.436. The second-order valence-corrected chi connectivity index (χ2v) is 1.66. The summed E-state index contributed by atoms with van der Waals surface area (Å²) in [6.07, 6.45) is 0.490. The highest BCUT2D eigenvalue weighted by molar-refractivity contribution is 5.69. The Balaban J connectivity index is 2.77. The minimum absolute atomic E-state index is 0.725. The Bertz CT molecular complexity index is 222. The molecular formula is C5H5FN2O2. The van der Waals surface area contributed by atoms with E-state index in [1.807, 2.05) is 0 Å². The van der Waals surface area contributed by atoms with Gasteiger partial charge in [-0.3, -0.25) is 0 Å². The summed E-state index contributed by atoms with van der Waals surface area (Å²) >= 11 is 0. The average Bonchev–Trinajstić information content (AvgIpc) is 2.36. The van der Waals surface area contributed by atoms with Gasteiger partial charge in [-0.15, -0.1) is 0 Å². The van der Waals surface area contributed by atoms with E-state index in [1.54, 1.807) is 0 Å². The van der Waals surface area contributed by atoms with Crippen LogP contribution in [-0.4, -0.2) is 20.9 Å². The van der Waals surface area contributed by atoms with Crippen LogP contribution in [0.25, 0.3) is 0 Å². The van der Waals surface area contributed by atoms with Crippen LogP contribution in [0.5, 0.6) is 0 Å². The van der Waals surface area contributed by atoms with E-state index in [0.29, 0.717) is 0 Å². The van der Waals surface area contributed by atoms with E-state index in [-0.39, 0.29) is 0 Å². The Morgan fingerprint density at radius 2 is 2.50 bits per heavy atom. The Labute approximate surface area is 55.9 Å². The molecule has 1 atom stereocenters. The Morgan fingerprint density at radius 3 is 2.90 bits per heavy atom. The third-order valence-electron chi connectivity index (χ3n) is 0.961. The molecule has 0 saturated carbocycles. The largest absolute Gasteiger partial charge is 0.478 e. The van der Waals surface area contributed by atoms with Crippen LogP contribution < -0.4 is 0 Å². The topological polar surface area (TPSA) is 55.1 Å². The van der Waals surface area contributed by atoms with E-state index in [9.17, 15) is 9.18 Å². The molecule has 1 aromatic heterocycles. The molecule has 0 aliphatic carbocycles. The van der Waals surface area contributed by atoms with Gasteiger partial charge < -0.3 is 5.11 Å². The van der Waals surface area contributed by atoms with E-state index in [1.165, 1.54) is 18.5 Å². The van der Waals surface area contributed by atoms with Crippen LogP contribution in [0, 0.1) is 0 Å². The first-order chi connectivity index (χ1) is 4.72. The lowest BCUT2D eigenvalue weighted by Gasteiger charge is -2.00. The van der Waals surface area contributed by atoms with Gasteiger partial charge >= 0.3 is 5.97 Å². The smallest absolute Gasteiger partial charge is 0.361 e. The van der Waals surface area contributed by atoms with Gasteiger partial charge in [0.1, 0.15) is 0 Å². The molecule has 0 aromatic carbocycles. The highest BCUT2D eigenvalue weighted by Crippen LogP contribution is 2.04. The molecule has 1 heterocycles. The van der Waals surface area contributed by atoms with Gasteiger partial charge in [-0.1, -0.05) is 0 Å². The van der Waals surface area contributed by atoms with Crippen molar-refractivity contribution in [3.8, 4) is 0 Å². The number of alkyl halides is 1. The summed E-state index contributed by atoms with van der Waals surface area (Å²) < 4.78 is 13.1. The summed E-state index contributed by atoms with van der Waals surface area (Å²) in [5.74, 6) is -1.54. The first kappa shape index (κ1) is 6.73. The molecule has 1 aromatic rings. The monoisotopic (exact) mass is 144 g/mol. The molecule has 0 aliphatic rings. The van der Waals surface area contributed by atoms with E-state index in [0.717, 1.165) is 4.68 Å². The molecule has 1 rings (SSSR count). The lowest BCUT2D eigenvalue weighted by Crippen LogP contribution is -2.14. The van der Waals surface area contributed by atoms with Gasteiger partial charge in [0.15, 0.2) is 0 Å². The lowest BCUT2D eigenvalue weighted by molar-refractivity contribution is -0.146. The van der Waals surface area contributed by atoms with Crippen molar-refractivity contribution in [1.29, 1.82) is 0 Å². The first-order valence-electron chi connectivity index (χ1n) is 2.58. The molecule has 0 bridgehead atoms. The molecule has 0 aliphatic heterocycles. The zero-order valence-corrected chi connectivity index (χ0v) is 4.94. The molecule has 0 fully saturated rings. The fraction of sp³-hybridized carbons (Fsp3) is 0.200. The summed E-state index contributed by atoms with van der Waals surface area (Å²) in [6.45, 7) is 0. The van der Waals surface area contributed by atoms with Crippen LogP contribution in [-0.2, 0) is 4.79 Å². The number of carbonyl (C=O) groups is 1. The average molecular weight is 144 g/mol. The van der Waals surface area contributed by atoms with Crippen molar-refractivity contribution in [2.45, 2.75) is 6.30 Å². The van der Waals surface area contributed by atoms with Crippen LogP contribution in [0.1, 0.15) is 6.30 Å². The number of halogens is 1. The SMILES string of the molecule is O=C(O)C(F)n1cccn1. The van der Waals surface area contributed by atoms with Gasteiger partial charge in [0.2, 0.25) is 0 Å². The fourth-order valence-electron chi connectivity index (χ4n) is 0.528. The molecule has 0 amide bonds. The zero-order valence-electron chi connectivity index (χ0n) is 4.94. The number of hydrogen-bond acceptors (Lipinski definition) is 2. The molecule has 1 unspecified atom stereocenters. The van der Waals surface area contributed by atoms with E-state index >= 15 is 0 Å². The molecule has 4 nitrogen and oxygen atoms in total. The van der Waals surface area contributed by atoms with Crippen molar-refractivity contribution in [3.63, 3.8) is 0 Å². The summed E-state index contributed by atoms with van der Waals surface area (Å²) in [6, 6.07) is 1.45. The minimum atomic E-state index is -2.07. The van der Waals surface area contributed by atoms with Crippen LogP contribution in [0.15, 0.2) is 18.5 Å². The fourth-order valence-corrected chi connectivity index (χ4v) is 0.528. The lowest BCUT2D eigenvalue weighted by atomic mass is 10.6. The minimum Gasteiger partial charge on any atom is -0.478 e. The normalized spacial score (nSPS) is 12.9. The maximum atomic E-state index is 12.4. The highest BCUT2D eigenvalue weighted by Gasteiger charge is 2.16. The van der Waals surface area contributed by atoms with Crippen molar-refractivity contribution in [3.05, 3.63) is 18.5 Å². The number of rotatable bonds is 2. The van der Waals surface area contributed by atoms with Gasteiger partial charge in [-0.05, 0) is 6.07 Å². The quantitative estimate of drug-likeness (QED) is 0.655. The zero-order chi connectivity index (χ0) is 7.56. The third-order valence-corrected chi connectivity index (χ3v) is 0.961. The van der Waals surface area contributed by atoms with Crippen LogP contribution in [0.4, 0.5) is 4.39 Å². The van der Waals surface area contributed by atoms with Crippen LogP contribution in [0.2, 0.25) is 0 Å². The standard InChI is InChI=1S/C5H5FN2O2/c6-4(5(9)10)8-3-1-2-7-8/h1-4H,(H,9,10). The number of aliphatic carboxylic acids is 1. The molecular weight excluding hydrogens is 139 g/mol. The second kappa shape index (κ2) is 2.47. The number of aromatic nitrogens is 2. The number of hydrogen-bond donors (Lipinski definition) is 1. The molecule has 0 saturated heterocycles. The van der Waals surface area contributed by atoms with Crippen LogP contribution in [0.3, 0.4) is 0 Å². The molecule has 10 heavy (non-hydrogen) atoms. The summed E-state index contributed by atoms with van der Waals surface area (Å²) in [5.41, 5.74) is 0. The van der Waals surface area contributed by atoms with Gasteiger partial charge in [0.25, 0.3) is 6.30 Å². The molecule has 0 spiro atoms. The van der Waals surface area contributed by atoms with Crippen molar-refractivity contribution < 1.29 is 14.3 Å². The maximum Gasteiger partial charge on any atom is 0.361 e. The molecule has 1 N–H and O–H groups in total. The van der Waals surface area contributed by atoms with Gasteiger partial charge in [0, 0.05) is 12.4 Å². The van der Waals surface area contributed by atoms with Gasteiger partial charge in [0.05, 0.1) is 0 Å². The number of nitrogens with zero attached hydrogens (tertiary/aromatic N) is 2. The van der Waals surface area contributed by atoms with Crippen LogP contribution >= 0.6 is 0 Å². The van der Waals surface area contributed by atoms with Crippen molar-refractivity contribution in [1.82, 2.24) is 9.78 Å². The first-order valence-corrected chi connectivity index (χ1v) is 2.58. The summed E-state index contributed by atoms with van der Waals surface area (Å²) in [7, 11) is 0. The number of carboxylic acid groups (broad SMARTS) is 1. The Hall–Kier alpha value is -1.39. The summed E-state index contributed by atoms with van der Waals surface area (Å²) in [4.78, 5) is 9.96. The van der Waals surface area contributed by atoms with E-state index in [2.05, 4.69) is 5.10 Å². The van der Waals surface area contributed by atoms with E-state index < -0.39 is 12.3 Å². The Morgan fingerprint density at radius 1 is 1.80 bits per heavy atom. The summed E-state index contributed by atoms with van der Waals surface area (Å²) in [5, 5.41) is 11.5. The predicted molar refractivity (Wildman–Crippen MR) is 30.0 cm³/mol. The highest BCUT2D eigenvalue weighted by atomic mass is 19.1. The van der Waals surface area contributed by atoms with Crippen molar-refractivity contribution in [2.75, 3.05) is 0 Å². The van der Waals surface area contributed by atoms with Gasteiger partial charge in [-0.25, -0.2) is 13.9 Å². The molecule has 5 heteroatoms. The van der Waals surface area contributed by atoms with E-state index in [4.69, 9.17) is 5.11 Å². The molecule has 54 valence electrons. The van der Waals surface area contributed by atoms with Crippen molar-refractivity contribution in [2.24, 2.45) is 0 Å². The Kier molecular flexibility index (Phi) is 1.66. The maximum absolute atomic E-state index is 12.4. The van der Waals surface area contributed by atoms with Gasteiger partial charge in [-0.2, -0.15) is 5.10 Å². The third kappa shape index (κ3) is 1.12. The number of carboxylic acids is 1. The van der Waals surface area contributed by atoms with Crippen molar-refractivity contribution >= 4 is 5.97 Å².